The number of non-ortho nitro benzene ring substituents is 1. The summed E-state index contributed by atoms with van der Waals surface area (Å²) in [5.41, 5.74) is 2.78. The van der Waals surface area contributed by atoms with E-state index in [1.165, 1.54) is 29.5 Å². The van der Waals surface area contributed by atoms with Crippen molar-refractivity contribution in [1.29, 1.82) is 0 Å². The van der Waals surface area contributed by atoms with Gasteiger partial charge in [-0.2, -0.15) is 0 Å². The summed E-state index contributed by atoms with van der Waals surface area (Å²) in [6.45, 7) is 2.01. The van der Waals surface area contributed by atoms with Gasteiger partial charge in [-0.05, 0) is 30.7 Å². The second-order valence-corrected chi connectivity index (χ2v) is 6.43. The standard InChI is InChI=1S/C18H14N4O3S/c1-12-2-7-14(8-3-12)17-20-21-18(26-17)19-16(23)11-6-13-4-9-15(10-5-13)22(24)25/h2-11H,1H3,(H,19,21,23)/b11-6+. The molecule has 0 aliphatic carbocycles. The molecule has 0 spiro atoms. The van der Waals surface area contributed by atoms with Crippen LogP contribution in [0, 0.1) is 17.0 Å². The molecule has 0 aliphatic rings. The Labute approximate surface area is 153 Å². The Bertz CT molecular complexity index is 963. The van der Waals surface area contributed by atoms with E-state index in [2.05, 4.69) is 15.5 Å². The molecule has 1 amide bonds. The number of nitrogens with one attached hydrogen (secondary N) is 1. The smallest absolute Gasteiger partial charge is 0.269 e. The van der Waals surface area contributed by atoms with Crippen molar-refractivity contribution in [3.05, 3.63) is 75.8 Å². The maximum atomic E-state index is 12.0. The highest BCUT2D eigenvalue weighted by atomic mass is 32.1. The molecule has 2 aromatic carbocycles. The highest BCUT2D eigenvalue weighted by Crippen LogP contribution is 2.26. The first kappa shape index (κ1) is 17.4. The van der Waals surface area contributed by atoms with Crippen LogP contribution in [0.3, 0.4) is 0 Å². The van der Waals surface area contributed by atoms with Crippen molar-refractivity contribution in [2.45, 2.75) is 6.92 Å². The van der Waals surface area contributed by atoms with Crippen LogP contribution in [0.15, 0.2) is 54.6 Å². The van der Waals surface area contributed by atoms with E-state index in [-0.39, 0.29) is 11.6 Å². The van der Waals surface area contributed by atoms with E-state index in [9.17, 15) is 14.9 Å². The summed E-state index contributed by atoms with van der Waals surface area (Å²) in [4.78, 5) is 22.1. The molecule has 3 rings (SSSR count). The predicted octanol–water partition coefficient (Wildman–Crippen LogP) is 4.07. The van der Waals surface area contributed by atoms with Crippen LogP contribution in [0.25, 0.3) is 16.6 Å². The highest BCUT2D eigenvalue weighted by Gasteiger charge is 2.08. The largest absolute Gasteiger partial charge is 0.297 e. The van der Waals surface area contributed by atoms with Crippen LogP contribution in [0.5, 0.6) is 0 Å². The monoisotopic (exact) mass is 366 g/mol. The molecular formula is C18H14N4O3S. The van der Waals surface area contributed by atoms with Gasteiger partial charge in [0.05, 0.1) is 4.92 Å². The summed E-state index contributed by atoms with van der Waals surface area (Å²) >= 11 is 1.28. The number of rotatable bonds is 5. The van der Waals surface area contributed by atoms with E-state index < -0.39 is 4.92 Å². The van der Waals surface area contributed by atoms with Gasteiger partial charge in [0.2, 0.25) is 11.0 Å². The van der Waals surface area contributed by atoms with E-state index in [1.807, 2.05) is 31.2 Å². The van der Waals surface area contributed by atoms with Crippen LogP contribution < -0.4 is 5.32 Å². The molecule has 0 atom stereocenters. The first-order valence-corrected chi connectivity index (χ1v) is 8.47. The van der Waals surface area contributed by atoms with Crippen LogP contribution in [0.1, 0.15) is 11.1 Å². The molecule has 1 aromatic heterocycles. The molecule has 0 aliphatic heterocycles. The maximum absolute atomic E-state index is 12.0. The molecule has 1 N–H and O–H groups in total. The van der Waals surface area contributed by atoms with Crippen molar-refractivity contribution in [2.24, 2.45) is 0 Å². The normalized spacial score (nSPS) is 10.8. The van der Waals surface area contributed by atoms with E-state index in [0.29, 0.717) is 10.7 Å². The number of amides is 1. The Morgan fingerprint density at radius 3 is 2.46 bits per heavy atom. The third-order valence-corrected chi connectivity index (χ3v) is 4.37. The van der Waals surface area contributed by atoms with E-state index in [0.717, 1.165) is 16.1 Å². The Kier molecular flexibility index (Phi) is 5.14. The lowest BCUT2D eigenvalue weighted by Crippen LogP contribution is -2.07. The number of carbonyl (C=O) groups is 1. The Balaban J connectivity index is 1.63. The van der Waals surface area contributed by atoms with Crippen molar-refractivity contribution in [3.63, 3.8) is 0 Å². The summed E-state index contributed by atoms with van der Waals surface area (Å²) < 4.78 is 0. The summed E-state index contributed by atoms with van der Waals surface area (Å²) in [7, 11) is 0. The molecule has 3 aromatic rings. The number of nitro benzene ring substituents is 1. The molecule has 0 saturated heterocycles. The third kappa shape index (κ3) is 4.37. The Hall–Kier alpha value is -3.39. The average molecular weight is 366 g/mol. The van der Waals surface area contributed by atoms with Crippen LogP contribution in [-0.4, -0.2) is 21.0 Å². The molecule has 130 valence electrons. The van der Waals surface area contributed by atoms with Crippen molar-refractivity contribution in [1.82, 2.24) is 10.2 Å². The highest BCUT2D eigenvalue weighted by molar-refractivity contribution is 7.18. The van der Waals surface area contributed by atoms with Crippen LogP contribution in [0.2, 0.25) is 0 Å². The lowest BCUT2D eigenvalue weighted by Gasteiger charge is -1.96. The minimum absolute atomic E-state index is 0.00379. The van der Waals surface area contributed by atoms with Gasteiger partial charge in [0, 0.05) is 23.8 Å². The second-order valence-electron chi connectivity index (χ2n) is 5.45. The summed E-state index contributed by atoms with van der Waals surface area (Å²) in [5, 5.41) is 22.4. The summed E-state index contributed by atoms with van der Waals surface area (Å²) in [6.07, 6.45) is 2.91. The molecule has 7 nitrogen and oxygen atoms in total. The molecule has 1 heterocycles. The summed E-state index contributed by atoms with van der Waals surface area (Å²) in [5.74, 6) is -0.352. The molecule has 0 radical (unpaired) electrons. The number of nitro groups is 1. The van der Waals surface area contributed by atoms with Crippen LogP contribution >= 0.6 is 11.3 Å². The number of anilines is 1. The first-order valence-electron chi connectivity index (χ1n) is 7.65. The zero-order valence-corrected chi connectivity index (χ0v) is 14.6. The fourth-order valence-electron chi connectivity index (χ4n) is 2.11. The van der Waals surface area contributed by atoms with Gasteiger partial charge in [0.15, 0.2) is 0 Å². The van der Waals surface area contributed by atoms with Gasteiger partial charge < -0.3 is 0 Å². The van der Waals surface area contributed by atoms with Crippen molar-refractivity contribution < 1.29 is 9.72 Å². The number of carbonyl (C=O) groups excluding carboxylic acids is 1. The molecule has 0 saturated carbocycles. The lowest BCUT2D eigenvalue weighted by molar-refractivity contribution is -0.384. The topological polar surface area (TPSA) is 98.0 Å². The maximum Gasteiger partial charge on any atom is 0.269 e. The first-order chi connectivity index (χ1) is 12.5. The molecule has 8 heteroatoms. The summed E-state index contributed by atoms with van der Waals surface area (Å²) in [6, 6.07) is 13.8. The van der Waals surface area contributed by atoms with Gasteiger partial charge in [-0.3, -0.25) is 20.2 Å². The molecule has 0 bridgehead atoms. The minimum atomic E-state index is -0.471. The molecule has 26 heavy (non-hydrogen) atoms. The number of hydrogen-bond acceptors (Lipinski definition) is 6. The van der Waals surface area contributed by atoms with E-state index >= 15 is 0 Å². The number of aryl methyl sites for hydroxylation is 1. The van der Waals surface area contributed by atoms with Crippen LogP contribution in [0.4, 0.5) is 10.8 Å². The van der Waals surface area contributed by atoms with Gasteiger partial charge in [-0.1, -0.05) is 41.2 Å². The van der Waals surface area contributed by atoms with Gasteiger partial charge in [0.1, 0.15) is 5.01 Å². The number of hydrogen-bond donors (Lipinski definition) is 1. The molecule has 0 unspecified atom stereocenters. The number of aromatic nitrogens is 2. The van der Waals surface area contributed by atoms with Gasteiger partial charge in [-0.25, -0.2) is 0 Å². The van der Waals surface area contributed by atoms with E-state index in [1.54, 1.807) is 18.2 Å². The Morgan fingerprint density at radius 2 is 1.81 bits per heavy atom. The fourth-order valence-corrected chi connectivity index (χ4v) is 2.86. The SMILES string of the molecule is Cc1ccc(-c2nnc(NC(=O)/C=C/c3ccc([N+](=O)[O-])cc3)s2)cc1. The lowest BCUT2D eigenvalue weighted by atomic mass is 10.2. The quantitative estimate of drug-likeness (QED) is 0.417. The zero-order valence-electron chi connectivity index (χ0n) is 13.7. The predicted molar refractivity (Wildman–Crippen MR) is 101 cm³/mol. The third-order valence-electron chi connectivity index (χ3n) is 3.48. The minimum Gasteiger partial charge on any atom is -0.297 e. The zero-order chi connectivity index (χ0) is 18.5. The molecule has 0 fully saturated rings. The van der Waals surface area contributed by atoms with E-state index in [4.69, 9.17) is 0 Å². The van der Waals surface area contributed by atoms with Crippen molar-refractivity contribution >= 4 is 34.1 Å². The number of benzene rings is 2. The van der Waals surface area contributed by atoms with Gasteiger partial charge in [-0.15, -0.1) is 10.2 Å². The number of nitrogens with zero attached hydrogens (tertiary/aromatic N) is 3. The van der Waals surface area contributed by atoms with Crippen molar-refractivity contribution in [3.8, 4) is 10.6 Å². The second kappa shape index (κ2) is 7.66. The Morgan fingerprint density at radius 1 is 1.12 bits per heavy atom. The van der Waals surface area contributed by atoms with Crippen molar-refractivity contribution in [2.75, 3.05) is 5.32 Å². The van der Waals surface area contributed by atoms with Gasteiger partial charge in [0.25, 0.3) is 5.69 Å². The average Bonchev–Trinajstić information content (AvgIpc) is 3.09. The fraction of sp³-hybridized carbons (Fsp3) is 0.0556. The van der Waals surface area contributed by atoms with Gasteiger partial charge >= 0.3 is 0 Å². The van der Waals surface area contributed by atoms with Crippen LogP contribution in [-0.2, 0) is 4.79 Å². The molecular weight excluding hydrogens is 352 g/mol.